The van der Waals surface area contributed by atoms with Crippen molar-refractivity contribution in [3.8, 4) is 17.3 Å². The molecule has 10 heteroatoms. The molecule has 1 unspecified atom stereocenters. The van der Waals surface area contributed by atoms with E-state index in [1.165, 1.54) is 0 Å². The van der Waals surface area contributed by atoms with E-state index in [4.69, 9.17) is 4.74 Å². The molecule has 1 atom stereocenters. The number of anilines is 3. The molecule has 166 valence electrons. The third kappa shape index (κ3) is 4.01. The highest BCUT2D eigenvalue weighted by Crippen LogP contribution is 2.41. The van der Waals surface area contributed by atoms with Crippen LogP contribution in [0.25, 0.3) is 11.3 Å². The van der Waals surface area contributed by atoms with Crippen LogP contribution in [0.15, 0.2) is 30.5 Å². The van der Waals surface area contributed by atoms with Crippen LogP contribution in [0.5, 0.6) is 0 Å². The first-order valence-corrected chi connectivity index (χ1v) is 10.2. The molecule has 3 aromatic rings. The van der Waals surface area contributed by atoms with Gasteiger partial charge in [0.05, 0.1) is 49.0 Å². The number of hydrogen-bond donors (Lipinski definition) is 4. The first-order valence-electron chi connectivity index (χ1n) is 10.2. The van der Waals surface area contributed by atoms with Gasteiger partial charge in [-0.25, -0.2) is 14.6 Å². The van der Waals surface area contributed by atoms with E-state index < -0.39 is 5.41 Å². The number of aromatic nitrogens is 4. The lowest BCUT2D eigenvalue weighted by Gasteiger charge is -2.21. The number of rotatable bonds is 8. The van der Waals surface area contributed by atoms with Crippen LogP contribution in [-0.2, 0) is 23.3 Å². The summed E-state index contributed by atoms with van der Waals surface area (Å²) in [6, 6.07) is 9.49. The Labute approximate surface area is 185 Å². The molecule has 2 aromatic heterocycles. The Kier molecular flexibility index (Phi) is 6.05. The van der Waals surface area contributed by atoms with Gasteiger partial charge in [-0.15, -0.1) is 0 Å². The number of benzene rings is 1. The number of ether oxygens (including phenoxy) is 1. The van der Waals surface area contributed by atoms with Gasteiger partial charge in [0, 0.05) is 36.9 Å². The molecule has 10 nitrogen and oxygen atoms in total. The van der Waals surface area contributed by atoms with Gasteiger partial charge in [0.1, 0.15) is 11.9 Å². The van der Waals surface area contributed by atoms with Crippen LogP contribution < -0.4 is 10.6 Å². The number of aliphatic hydroxyl groups excluding tert-OH is 2. The smallest absolute Gasteiger partial charge is 0.228 e. The second-order valence-electron chi connectivity index (χ2n) is 7.92. The second kappa shape index (κ2) is 8.92. The number of hydrogen-bond acceptors (Lipinski definition) is 9. The van der Waals surface area contributed by atoms with Crippen molar-refractivity contribution >= 4 is 17.5 Å². The molecule has 1 aromatic carbocycles. The van der Waals surface area contributed by atoms with E-state index in [-0.39, 0.29) is 13.2 Å². The highest BCUT2D eigenvalue weighted by atomic mass is 16.5. The number of methoxy groups -OCH3 is 1. The fourth-order valence-electron chi connectivity index (χ4n) is 3.75. The largest absolute Gasteiger partial charge is 0.395 e. The maximum absolute atomic E-state index is 9.92. The van der Waals surface area contributed by atoms with Crippen LogP contribution in [-0.4, -0.2) is 56.8 Å². The van der Waals surface area contributed by atoms with Gasteiger partial charge in [0.2, 0.25) is 5.95 Å². The van der Waals surface area contributed by atoms with Crippen LogP contribution in [0.3, 0.4) is 0 Å². The third-order valence-corrected chi connectivity index (χ3v) is 5.60. The van der Waals surface area contributed by atoms with Gasteiger partial charge in [0.15, 0.2) is 0 Å². The predicted molar refractivity (Wildman–Crippen MR) is 118 cm³/mol. The molecule has 0 saturated heterocycles. The zero-order valence-electron chi connectivity index (χ0n) is 18.0. The Morgan fingerprint density at radius 2 is 2.19 bits per heavy atom. The number of fused-ring (bicyclic) bond motifs is 1. The zero-order valence-corrected chi connectivity index (χ0v) is 18.0. The van der Waals surface area contributed by atoms with E-state index >= 15 is 0 Å². The molecule has 0 fully saturated rings. The van der Waals surface area contributed by atoms with Crippen molar-refractivity contribution < 1.29 is 14.9 Å². The summed E-state index contributed by atoms with van der Waals surface area (Å²) in [6.45, 7) is 3.28. The third-order valence-electron chi connectivity index (χ3n) is 5.60. The quantitative estimate of drug-likeness (QED) is 0.416. The molecule has 0 spiro atoms. The Balaban J connectivity index is 1.69. The summed E-state index contributed by atoms with van der Waals surface area (Å²) < 4.78 is 6.81. The van der Waals surface area contributed by atoms with Crippen molar-refractivity contribution in [3.05, 3.63) is 47.3 Å². The van der Waals surface area contributed by atoms with Gasteiger partial charge in [-0.3, -0.25) is 0 Å². The average molecular weight is 435 g/mol. The molecule has 0 aliphatic carbocycles. The van der Waals surface area contributed by atoms with Crippen LogP contribution in [0.1, 0.15) is 23.7 Å². The van der Waals surface area contributed by atoms with Crippen LogP contribution in [0.4, 0.5) is 17.5 Å². The minimum Gasteiger partial charge on any atom is -0.395 e. The van der Waals surface area contributed by atoms with E-state index in [1.54, 1.807) is 36.2 Å². The molecule has 0 radical (unpaired) electrons. The fourth-order valence-corrected chi connectivity index (χ4v) is 3.75. The lowest BCUT2D eigenvalue weighted by Crippen LogP contribution is -2.28. The monoisotopic (exact) mass is 435 g/mol. The van der Waals surface area contributed by atoms with Crippen molar-refractivity contribution in [2.75, 3.05) is 37.5 Å². The maximum atomic E-state index is 9.92. The highest BCUT2D eigenvalue weighted by molar-refractivity contribution is 5.76. The topological polar surface area (TPSA) is 141 Å². The van der Waals surface area contributed by atoms with E-state index in [0.29, 0.717) is 48.4 Å². The lowest BCUT2D eigenvalue weighted by molar-refractivity contribution is 0.183. The van der Waals surface area contributed by atoms with Crippen LogP contribution in [0, 0.1) is 11.3 Å². The fraction of sp³-hybridized carbons (Fsp3) is 0.364. The molecule has 1 aliphatic heterocycles. The summed E-state index contributed by atoms with van der Waals surface area (Å²) in [6.07, 6.45) is 1.64. The molecule has 4 N–H and O–H groups in total. The maximum Gasteiger partial charge on any atom is 0.228 e. The second-order valence-corrected chi connectivity index (χ2v) is 7.92. The minimum atomic E-state index is -0.473. The normalized spacial score (nSPS) is 17.0. The van der Waals surface area contributed by atoms with Crippen molar-refractivity contribution in [1.82, 2.24) is 19.7 Å². The Morgan fingerprint density at radius 3 is 2.91 bits per heavy atom. The van der Waals surface area contributed by atoms with E-state index in [1.807, 2.05) is 13.0 Å². The number of nitriles is 1. The SMILES string of the molecule is COCCn1nc(CO)cc1Nc1nccc(-c2cc(C#N)c3c(c2)C(C)(CO)CN3)n1. The molecule has 0 saturated carbocycles. The molecule has 4 rings (SSSR count). The van der Waals surface area contributed by atoms with Crippen molar-refractivity contribution in [2.24, 2.45) is 0 Å². The van der Waals surface area contributed by atoms with Crippen molar-refractivity contribution in [2.45, 2.75) is 25.5 Å². The van der Waals surface area contributed by atoms with E-state index in [2.05, 4.69) is 31.8 Å². The zero-order chi connectivity index (χ0) is 22.7. The number of nitrogens with zero attached hydrogens (tertiary/aromatic N) is 5. The summed E-state index contributed by atoms with van der Waals surface area (Å²) >= 11 is 0. The number of nitrogens with one attached hydrogen (secondary N) is 2. The van der Waals surface area contributed by atoms with Crippen molar-refractivity contribution in [3.63, 3.8) is 0 Å². The van der Waals surface area contributed by atoms with Gasteiger partial charge >= 0.3 is 0 Å². The Hall–Kier alpha value is -3.52. The minimum absolute atomic E-state index is 0.0312. The standard InChI is InChI=1S/C22H25N7O3/c1-22(13-31)12-25-20-15(10-23)7-14(8-17(20)22)18-3-4-24-21(26-18)27-19-9-16(11-30)28-29(19)5-6-32-2/h3-4,7-9,25,30-31H,5-6,11-13H2,1-2H3,(H,24,26,27). The summed E-state index contributed by atoms with van der Waals surface area (Å²) in [5, 5.41) is 39.7. The molecule has 32 heavy (non-hydrogen) atoms. The summed E-state index contributed by atoms with van der Waals surface area (Å²) in [5.74, 6) is 0.986. The molecule has 3 heterocycles. The summed E-state index contributed by atoms with van der Waals surface area (Å²) in [7, 11) is 1.61. The lowest BCUT2D eigenvalue weighted by atomic mass is 9.83. The first-order chi connectivity index (χ1) is 15.5. The molecular weight excluding hydrogens is 410 g/mol. The molecule has 0 amide bonds. The van der Waals surface area contributed by atoms with Gasteiger partial charge in [-0.2, -0.15) is 10.4 Å². The van der Waals surface area contributed by atoms with Gasteiger partial charge in [-0.1, -0.05) is 6.92 Å². The molecule has 1 aliphatic rings. The van der Waals surface area contributed by atoms with Crippen molar-refractivity contribution in [1.29, 1.82) is 5.26 Å². The van der Waals surface area contributed by atoms with Crippen LogP contribution in [0.2, 0.25) is 0 Å². The van der Waals surface area contributed by atoms with Gasteiger partial charge < -0.3 is 25.6 Å². The Bertz CT molecular complexity index is 1170. The number of aliphatic hydroxyl groups is 2. The van der Waals surface area contributed by atoms with E-state index in [0.717, 1.165) is 16.8 Å². The average Bonchev–Trinajstić information content (AvgIpc) is 3.38. The summed E-state index contributed by atoms with van der Waals surface area (Å²) in [5.41, 5.74) is 3.61. The molecular formula is C22H25N7O3. The molecule has 0 bridgehead atoms. The van der Waals surface area contributed by atoms with Crippen LogP contribution >= 0.6 is 0 Å². The predicted octanol–water partition coefficient (Wildman–Crippen LogP) is 1.77. The highest BCUT2D eigenvalue weighted by Gasteiger charge is 2.35. The van der Waals surface area contributed by atoms with E-state index in [9.17, 15) is 15.5 Å². The van der Waals surface area contributed by atoms with Gasteiger partial charge in [-0.05, 0) is 23.8 Å². The first kappa shape index (κ1) is 21.7. The Morgan fingerprint density at radius 1 is 1.34 bits per heavy atom. The summed E-state index contributed by atoms with van der Waals surface area (Å²) in [4.78, 5) is 8.92. The van der Waals surface area contributed by atoms with Gasteiger partial charge in [0.25, 0.3) is 0 Å².